The minimum Gasteiger partial charge on any atom is -0.496 e. The number of rotatable bonds is 4. The molecule has 106 valence electrons. The van der Waals surface area contributed by atoms with Gasteiger partial charge in [0.05, 0.1) is 7.11 Å². The molecule has 2 aromatic carbocycles. The van der Waals surface area contributed by atoms with Crippen LogP contribution in [0.15, 0.2) is 40.9 Å². The summed E-state index contributed by atoms with van der Waals surface area (Å²) < 4.78 is 6.49. The molecule has 0 saturated carbocycles. The molecule has 0 heterocycles. The van der Waals surface area contributed by atoms with Gasteiger partial charge < -0.3 is 10.5 Å². The number of ether oxygens (including phenoxy) is 1. The first-order valence-electron chi connectivity index (χ1n) is 6.66. The zero-order chi connectivity index (χ0) is 14.7. The van der Waals surface area contributed by atoms with Gasteiger partial charge in [-0.3, -0.25) is 0 Å². The predicted molar refractivity (Wildman–Crippen MR) is 87.2 cm³/mol. The molecule has 2 rings (SSSR count). The Morgan fingerprint density at radius 2 is 1.75 bits per heavy atom. The lowest BCUT2D eigenvalue weighted by molar-refractivity contribution is 0.408. The van der Waals surface area contributed by atoms with Crippen molar-refractivity contribution in [3.63, 3.8) is 0 Å². The molecule has 0 radical (unpaired) electrons. The summed E-state index contributed by atoms with van der Waals surface area (Å²) in [6.45, 7) is 4.15. The molecule has 0 aromatic heterocycles. The maximum Gasteiger partial charge on any atom is 0.122 e. The Hall–Kier alpha value is -1.32. The Morgan fingerprint density at radius 1 is 1.10 bits per heavy atom. The summed E-state index contributed by atoms with van der Waals surface area (Å²) in [5, 5.41) is 0. The van der Waals surface area contributed by atoms with E-state index in [4.69, 9.17) is 10.5 Å². The van der Waals surface area contributed by atoms with Crippen molar-refractivity contribution in [1.82, 2.24) is 0 Å². The molecule has 20 heavy (non-hydrogen) atoms. The van der Waals surface area contributed by atoms with Crippen LogP contribution in [0.2, 0.25) is 0 Å². The van der Waals surface area contributed by atoms with Gasteiger partial charge >= 0.3 is 0 Å². The molecule has 0 saturated heterocycles. The fraction of sp³-hybridized carbons (Fsp3) is 0.294. The maximum atomic E-state index is 6.37. The molecule has 0 aliphatic carbocycles. The molecule has 2 aromatic rings. The Bertz CT molecular complexity index is 610. The molecule has 0 aliphatic heterocycles. The average Bonchev–Trinajstić information content (AvgIpc) is 2.38. The quantitative estimate of drug-likeness (QED) is 0.904. The van der Waals surface area contributed by atoms with E-state index in [0.717, 1.165) is 27.8 Å². The monoisotopic (exact) mass is 333 g/mol. The minimum atomic E-state index is -0.0549. The fourth-order valence-electron chi connectivity index (χ4n) is 2.35. The zero-order valence-corrected chi connectivity index (χ0v) is 13.7. The predicted octanol–water partition coefficient (Wildman–Crippen LogP) is 4.32. The lowest BCUT2D eigenvalue weighted by Crippen LogP contribution is -2.14. The fourth-order valence-corrected chi connectivity index (χ4v) is 3.13. The summed E-state index contributed by atoms with van der Waals surface area (Å²) in [4.78, 5) is 0. The summed E-state index contributed by atoms with van der Waals surface area (Å²) in [7, 11) is 1.70. The number of hydrogen-bond donors (Lipinski definition) is 1. The molecule has 1 unspecified atom stereocenters. The van der Waals surface area contributed by atoms with Crippen molar-refractivity contribution in [1.29, 1.82) is 0 Å². The summed E-state index contributed by atoms with van der Waals surface area (Å²) in [5.41, 5.74) is 11.1. The van der Waals surface area contributed by atoms with Gasteiger partial charge in [0.15, 0.2) is 0 Å². The van der Waals surface area contributed by atoms with E-state index in [0.29, 0.717) is 0 Å². The van der Waals surface area contributed by atoms with Crippen LogP contribution in [-0.4, -0.2) is 7.11 Å². The van der Waals surface area contributed by atoms with Gasteiger partial charge in [-0.25, -0.2) is 0 Å². The number of halogens is 1. The van der Waals surface area contributed by atoms with Gasteiger partial charge in [-0.1, -0.05) is 45.8 Å². The van der Waals surface area contributed by atoms with E-state index in [1.807, 2.05) is 6.07 Å². The van der Waals surface area contributed by atoms with Crippen LogP contribution in [0.3, 0.4) is 0 Å². The van der Waals surface area contributed by atoms with Crippen LogP contribution in [0.1, 0.15) is 28.3 Å². The summed E-state index contributed by atoms with van der Waals surface area (Å²) in [5.74, 6) is 0.897. The highest BCUT2D eigenvalue weighted by Crippen LogP contribution is 2.29. The van der Waals surface area contributed by atoms with Crippen molar-refractivity contribution in [2.45, 2.75) is 26.3 Å². The van der Waals surface area contributed by atoms with Crippen LogP contribution in [-0.2, 0) is 6.42 Å². The van der Waals surface area contributed by atoms with Crippen molar-refractivity contribution in [3.8, 4) is 5.75 Å². The first kappa shape index (κ1) is 15.1. The van der Waals surface area contributed by atoms with Gasteiger partial charge in [-0.2, -0.15) is 0 Å². The Kier molecular flexibility index (Phi) is 4.84. The first-order chi connectivity index (χ1) is 9.51. The SMILES string of the molecule is COc1ccc(C)cc1CC(N)c1ccc(C)cc1Br. The third kappa shape index (κ3) is 3.41. The molecule has 2 N–H and O–H groups in total. The second kappa shape index (κ2) is 6.42. The standard InChI is InChI=1S/C17H20BrNO/c1-11-5-7-17(20-3)13(8-11)10-16(19)14-6-4-12(2)9-15(14)18/h4-9,16H,10,19H2,1-3H3. The minimum absolute atomic E-state index is 0.0549. The third-order valence-corrected chi connectivity index (χ3v) is 4.12. The van der Waals surface area contributed by atoms with Crippen LogP contribution in [0.4, 0.5) is 0 Å². The molecule has 0 amide bonds. The third-order valence-electron chi connectivity index (χ3n) is 3.43. The lowest BCUT2D eigenvalue weighted by atomic mass is 9.97. The number of hydrogen-bond acceptors (Lipinski definition) is 2. The van der Waals surface area contributed by atoms with Crippen molar-refractivity contribution in [2.75, 3.05) is 7.11 Å². The lowest BCUT2D eigenvalue weighted by Gasteiger charge is -2.17. The molecule has 3 heteroatoms. The summed E-state index contributed by atoms with van der Waals surface area (Å²) in [6.07, 6.45) is 0.756. The van der Waals surface area contributed by atoms with Crippen molar-refractivity contribution < 1.29 is 4.74 Å². The number of benzene rings is 2. The molecule has 0 bridgehead atoms. The van der Waals surface area contributed by atoms with E-state index < -0.39 is 0 Å². The highest BCUT2D eigenvalue weighted by Gasteiger charge is 2.13. The number of nitrogens with two attached hydrogens (primary N) is 1. The molecular weight excluding hydrogens is 314 g/mol. The second-order valence-electron chi connectivity index (χ2n) is 5.15. The second-order valence-corrected chi connectivity index (χ2v) is 6.01. The summed E-state index contributed by atoms with van der Waals surface area (Å²) in [6, 6.07) is 12.4. The van der Waals surface area contributed by atoms with Gasteiger partial charge in [-0.15, -0.1) is 0 Å². The van der Waals surface area contributed by atoms with Gasteiger partial charge in [0.25, 0.3) is 0 Å². The Labute approximate surface area is 129 Å². The van der Waals surface area contributed by atoms with Crippen molar-refractivity contribution >= 4 is 15.9 Å². The highest BCUT2D eigenvalue weighted by molar-refractivity contribution is 9.10. The van der Waals surface area contributed by atoms with E-state index in [-0.39, 0.29) is 6.04 Å². The zero-order valence-electron chi connectivity index (χ0n) is 12.1. The largest absolute Gasteiger partial charge is 0.496 e. The van der Waals surface area contributed by atoms with Crippen LogP contribution in [0.5, 0.6) is 5.75 Å². The molecular formula is C17H20BrNO. The van der Waals surface area contributed by atoms with Gasteiger partial charge in [0, 0.05) is 10.5 Å². The Balaban J connectivity index is 2.27. The molecule has 0 spiro atoms. The molecule has 0 aliphatic rings. The molecule has 2 nitrogen and oxygen atoms in total. The van der Waals surface area contributed by atoms with Crippen LogP contribution in [0, 0.1) is 13.8 Å². The van der Waals surface area contributed by atoms with E-state index in [1.165, 1.54) is 11.1 Å². The molecule has 1 atom stereocenters. The van der Waals surface area contributed by atoms with Gasteiger partial charge in [-0.05, 0) is 49.1 Å². The van der Waals surface area contributed by atoms with Gasteiger partial charge in [0.1, 0.15) is 5.75 Å². The highest BCUT2D eigenvalue weighted by atomic mass is 79.9. The normalized spacial score (nSPS) is 12.2. The Morgan fingerprint density at radius 3 is 2.40 bits per heavy atom. The average molecular weight is 334 g/mol. The smallest absolute Gasteiger partial charge is 0.122 e. The van der Waals surface area contributed by atoms with E-state index in [9.17, 15) is 0 Å². The first-order valence-corrected chi connectivity index (χ1v) is 7.45. The number of methoxy groups -OCH3 is 1. The van der Waals surface area contributed by atoms with Crippen LogP contribution in [0.25, 0.3) is 0 Å². The number of aryl methyl sites for hydroxylation is 2. The van der Waals surface area contributed by atoms with Gasteiger partial charge in [0.2, 0.25) is 0 Å². The van der Waals surface area contributed by atoms with Crippen molar-refractivity contribution in [3.05, 3.63) is 63.1 Å². The van der Waals surface area contributed by atoms with Crippen LogP contribution < -0.4 is 10.5 Å². The van der Waals surface area contributed by atoms with E-state index in [2.05, 4.69) is 60.1 Å². The summed E-state index contributed by atoms with van der Waals surface area (Å²) >= 11 is 3.60. The van der Waals surface area contributed by atoms with Crippen LogP contribution >= 0.6 is 15.9 Å². The van der Waals surface area contributed by atoms with E-state index in [1.54, 1.807) is 7.11 Å². The molecule has 0 fully saturated rings. The van der Waals surface area contributed by atoms with E-state index >= 15 is 0 Å². The maximum absolute atomic E-state index is 6.37. The van der Waals surface area contributed by atoms with Crippen molar-refractivity contribution in [2.24, 2.45) is 5.73 Å². The topological polar surface area (TPSA) is 35.2 Å².